The Balaban J connectivity index is 1.99. The molecule has 4 heteroatoms. The molecule has 4 N–H and O–H groups in total. The number of nitrogens with one attached hydrogen (secondary N) is 1. The molecule has 1 aromatic carbocycles. The monoisotopic (exact) mass is 264 g/mol. The molecule has 0 amide bonds. The number of aliphatic hydroxyl groups is 1. The van der Waals surface area contributed by atoms with Crippen LogP contribution in [0.4, 0.5) is 11.4 Å². The van der Waals surface area contributed by atoms with Crippen LogP contribution in [0.5, 0.6) is 5.75 Å². The van der Waals surface area contributed by atoms with Gasteiger partial charge < -0.3 is 20.9 Å². The lowest BCUT2D eigenvalue weighted by molar-refractivity contribution is 0.00502. The van der Waals surface area contributed by atoms with Crippen LogP contribution in [0.15, 0.2) is 18.2 Å². The summed E-state index contributed by atoms with van der Waals surface area (Å²) in [5.74, 6) is 1.39. The van der Waals surface area contributed by atoms with E-state index in [-0.39, 0.29) is 0 Å². The van der Waals surface area contributed by atoms with Crippen LogP contribution in [0, 0.1) is 5.92 Å². The average Bonchev–Trinajstić information content (AvgIpc) is 2.41. The molecular formula is C15H24N2O2. The average molecular weight is 264 g/mol. The fraction of sp³-hybridized carbons (Fsp3) is 0.600. The van der Waals surface area contributed by atoms with Crippen LogP contribution in [0.1, 0.15) is 32.6 Å². The van der Waals surface area contributed by atoms with Gasteiger partial charge in [-0.25, -0.2) is 0 Å². The lowest BCUT2D eigenvalue weighted by Crippen LogP contribution is -2.40. The first-order valence-electron chi connectivity index (χ1n) is 6.93. The van der Waals surface area contributed by atoms with Crippen molar-refractivity contribution in [2.24, 2.45) is 5.92 Å². The van der Waals surface area contributed by atoms with Crippen LogP contribution in [-0.4, -0.2) is 24.4 Å². The van der Waals surface area contributed by atoms with Crippen LogP contribution in [0.3, 0.4) is 0 Å². The molecule has 0 atom stereocenters. The van der Waals surface area contributed by atoms with Crippen molar-refractivity contribution in [2.75, 3.05) is 24.7 Å². The van der Waals surface area contributed by atoms with Crippen LogP contribution in [0.2, 0.25) is 0 Å². The number of para-hydroxylation sites is 1. The van der Waals surface area contributed by atoms with Crippen LogP contribution in [0.25, 0.3) is 0 Å². The highest BCUT2D eigenvalue weighted by atomic mass is 16.5. The number of ether oxygens (including phenoxy) is 1. The standard InChI is InChI=1S/C15H24N2O2/c1-11-6-8-15(18,9-7-11)10-17-12-4-3-5-13(19-2)14(12)16/h3-5,11,17-18H,6-10,16H2,1-2H3. The predicted octanol–water partition coefficient (Wildman–Crippen LogP) is 2.63. The van der Waals surface area contributed by atoms with Crippen molar-refractivity contribution < 1.29 is 9.84 Å². The number of hydrogen-bond donors (Lipinski definition) is 3. The van der Waals surface area contributed by atoms with Crippen LogP contribution in [-0.2, 0) is 0 Å². The molecule has 4 nitrogen and oxygen atoms in total. The van der Waals surface area contributed by atoms with Crippen molar-refractivity contribution in [3.63, 3.8) is 0 Å². The summed E-state index contributed by atoms with van der Waals surface area (Å²) in [7, 11) is 1.60. The molecule has 106 valence electrons. The fourth-order valence-electron chi connectivity index (χ4n) is 2.61. The third-order valence-corrected chi connectivity index (χ3v) is 4.10. The van der Waals surface area contributed by atoms with Crippen molar-refractivity contribution >= 4 is 11.4 Å². The number of rotatable bonds is 4. The van der Waals surface area contributed by atoms with Gasteiger partial charge in [-0.05, 0) is 43.7 Å². The highest BCUT2D eigenvalue weighted by Gasteiger charge is 2.31. The van der Waals surface area contributed by atoms with Gasteiger partial charge in [-0.1, -0.05) is 13.0 Å². The predicted molar refractivity (Wildman–Crippen MR) is 78.5 cm³/mol. The second kappa shape index (κ2) is 5.70. The normalized spacial score (nSPS) is 27.0. The first-order valence-corrected chi connectivity index (χ1v) is 6.93. The van der Waals surface area contributed by atoms with E-state index in [1.807, 2.05) is 18.2 Å². The minimum Gasteiger partial charge on any atom is -0.495 e. The Bertz CT molecular complexity index is 426. The largest absolute Gasteiger partial charge is 0.495 e. The molecular weight excluding hydrogens is 240 g/mol. The van der Waals surface area contributed by atoms with E-state index in [2.05, 4.69) is 12.2 Å². The number of nitrogens with two attached hydrogens (primary N) is 1. The number of nitrogen functional groups attached to an aromatic ring is 1. The zero-order chi connectivity index (χ0) is 13.9. The molecule has 0 saturated heterocycles. The van der Waals surface area contributed by atoms with E-state index in [1.165, 1.54) is 0 Å². The molecule has 1 aliphatic rings. The molecule has 0 heterocycles. The second-order valence-corrected chi connectivity index (χ2v) is 5.68. The second-order valence-electron chi connectivity index (χ2n) is 5.68. The Morgan fingerprint density at radius 2 is 2.11 bits per heavy atom. The Kier molecular flexibility index (Phi) is 4.20. The molecule has 0 aliphatic heterocycles. The molecule has 1 fully saturated rings. The van der Waals surface area contributed by atoms with Gasteiger partial charge in [-0.3, -0.25) is 0 Å². The van der Waals surface area contributed by atoms with Gasteiger partial charge in [0.15, 0.2) is 0 Å². The van der Waals surface area contributed by atoms with Gasteiger partial charge in [0.05, 0.1) is 24.1 Å². The maximum absolute atomic E-state index is 10.5. The zero-order valence-electron chi connectivity index (χ0n) is 11.8. The maximum atomic E-state index is 10.5. The molecule has 0 radical (unpaired) electrons. The van der Waals surface area contributed by atoms with Crippen LogP contribution >= 0.6 is 0 Å². The van der Waals surface area contributed by atoms with Gasteiger partial charge >= 0.3 is 0 Å². The van der Waals surface area contributed by atoms with Crippen molar-refractivity contribution in [1.29, 1.82) is 0 Å². The summed E-state index contributed by atoms with van der Waals surface area (Å²) in [5.41, 5.74) is 6.82. The molecule has 1 aliphatic carbocycles. The van der Waals surface area contributed by atoms with E-state index in [4.69, 9.17) is 10.5 Å². The van der Waals surface area contributed by atoms with Crippen molar-refractivity contribution in [2.45, 2.75) is 38.2 Å². The smallest absolute Gasteiger partial charge is 0.143 e. The van der Waals surface area contributed by atoms with E-state index in [9.17, 15) is 5.11 Å². The number of hydrogen-bond acceptors (Lipinski definition) is 4. The highest BCUT2D eigenvalue weighted by molar-refractivity contribution is 5.72. The SMILES string of the molecule is COc1cccc(NCC2(O)CCC(C)CC2)c1N. The Morgan fingerprint density at radius 1 is 1.42 bits per heavy atom. The van der Waals surface area contributed by atoms with Gasteiger partial charge in [-0.2, -0.15) is 0 Å². The topological polar surface area (TPSA) is 67.5 Å². The highest BCUT2D eigenvalue weighted by Crippen LogP contribution is 2.34. The maximum Gasteiger partial charge on any atom is 0.143 e. The molecule has 0 spiro atoms. The van der Waals surface area contributed by atoms with E-state index < -0.39 is 5.60 Å². The quantitative estimate of drug-likeness (QED) is 0.731. The summed E-state index contributed by atoms with van der Waals surface area (Å²) in [5, 5.41) is 13.8. The lowest BCUT2D eigenvalue weighted by atomic mass is 9.79. The fourth-order valence-corrected chi connectivity index (χ4v) is 2.61. The third-order valence-electron chi connectivity index (χ3n) is 4.10. The summed E-state index contributed by atoms with van der Waals surface area (Å²) < 4.78 is 5.19. The lowest BCUT2D eigenvalue weighted by Gasteiger charge is -2.35. The third kappa shape index (κ3) is 3.32. The Hall–Kier alpha value is -1.42. The first-order chi connectivity index (χ1) is 9.04. The summed E-state index contributed by atoms with van der Waals surface area (Å²) in [6.07, 6.45) is 3.88. The molecule has 0 bridgehead atoms. The molecule has 19 heavy (non-hydrogen) atoms. The first kappa shape index (κ1) is 14.0. The molecule has 1 saturated carbocycles. The molecule has 2 rings (SSSR count). The summed E-state index contributed by atoms with van der Waals surface area (Å²) in [6.45, 7) is 2.78. The number of methoxy groups -OCH3 is 1. The van der Waals surface area contributed by atoms with Gasteiger partial charge in [0.25, 0.3) is 0 Å². The Labute approximate surface area is 115 Å². The van der Waals surface area contributed by atoms with Gasteiger partial charge in [-0.15, -0.1) is 0 Å². The van der Waals surface area contributed by atoms with E-state index in [0.717, 1.165) is 37.3 Å². The molecule has 0 unspecified atom stereocenters. The minimum absolute atomic E-state index is 0.539. The number of anilines is 2. The summed E-state index contributed by atoms with van der Waals surface area (Å²) in [4.78, 5) is 0. The Morgan fingerprint density at radius 3 is 2.74 bits per heavy atom. The minimum atomic E-state index is -0.609. The number of benzene rings is 1. The van der Waals surface area contributed by atoms with Crippen molar-refractivity contribution in [3.8, 4) is 5.75 Å². The zero-order valence-corrected chi connectivity index (χ0v) is 11.8. The molecule has 0 aromatic heterocycles. The van der Waals surface area contributed by atoms with Crippen molar-refractivity contribution in [3.05, 3.63) is 18.2 Å². The summed E-state index contributed by atoms with van der Waals surface area (Å²) in [6, 6.07) is 5.63. The van der Waals surface area contributed by atoms with E-state index in [1.54, 1.807) is 7.11 Å². The van der Waals surface area contributed by atoms with E-state index >= 15 is 0 Å². The van der Waals surface area contributed by atoms with E-state index in [0.29, 0.717) is 18.0 Å². The summed E-state index contributed by atoms with van der Waals surface area (Å²) >= 11 is 0. The van der Waals surface area contributed by atoms with Crippen LogP contribution < -0.4 is 15.8 Å². The van der Waals surface area contributed by atoms with Gasteiger partial charge in [0.2, 0.25) is 0 Å². The van der Waals surface area contributed by atoms with Gasteiger partial charge in [0.1, 0.15) is 5.75 Å². The van der Waals surface area contributed by atoms with Crippen molar-refractivity contribution in [1.82, 2.24) is 0 Å². The molecule has 1 aromatic rings. The van der Waals surface area contributed by atoms with Gasteiger partial charge in [0, 0.05) is 6.54 Å².